The number of carbonyl (C=O) groups is 1. The molecule has 0 atom stereocenters. The highest BCUT2D eigenvalue weighted by Gasteiger charge is 2.11. The van der Waals surface area contributed by atoms with Crippen molar-refractivity contribution >= 4 is 16.7 Å². The summed E-state index contributed by atoms with van der Waals surface area (Å²) in [4.78, 5) is 11.7. The predicted molar refractivity (Wildman–Crippen MR) is 66.7 cm³/mol. The molecule has 0 bridgehead atoms. The van der Waals surface area contributed by atoms with Gasteiger partial charge < -0.3 is 4.57 Å². The van der Waals surface area contributed by atoms with Crippen LogP contribution in [0.15, 0.2) is 55.8 Å². The van der Waals surface area contributed by atoms with Crippen LogP contribution in [0.2, 0.25) is 0 Å². The molecule has 2 nitrogen and oxygen atoms in total. The molecule has 0 aliphatic carbocycles. The van der Waals surface area contributed by atoms with Crippen LogP contribution in [0.5, 0.6) is 0 Å². The van der Waals surface area contributed by atoms with E-state index in [0.29, 0.717) is 12.1 Å². The first-order chi connectivity index (χ1) is 7.77. The van der Waals surface area contributed by atoms with Crippen LogP contribution in [0.4, 0.5) is 0 Å². The second-order valence-corrected chi connectivity index (χ2v) is 3.57. The number of para-hydroxylation sites is 1. The molecule has 0 fully saturated rings. The van der Waals surface area contributed by atoms with Crippen molar-refractivity contribution in [3.63, 3.8) is 0 Å². The standard InChI is InChI=1S/C14H13NO/c1-3-9-15-10-12(14(16)4-2)11-7-5-6-8-13(11)15/h3-8,10H,1-2,9H2. The Bertz CT molecular complexity index is 563. The summed E-state index contributed by atoms with van der Waals surface area (Å²) in [6, 6.07) is 7.84. The molecule has 0 aliphatic rings. The summed E-state index contributed by atoms with van der Waals surface area (Å²) in [5, 5.41) is 0.967. The Morgan fingerprint density at radius 1 is 1.31 bits per heavy atom. The monoisotopic (exact) mass is 211 g/mol. The fourth-order valence-electron chi connectivity index (χ4n) is 1.84. The lowest BCUT2D eigenvalue weighted by Crippen LogP contribution is -1.93. The van der Waals surface area contributed by atoms with E-state index in [1.165, 1.54) is 6.08 Å². The highest BCUT2D eigenvalue weighted by atomic mass is 16.1. The number of hydrogen-bond acceptors (Lipinski definition) is 1. The summed E-state index contributed by atoms with van der Waals surface area (Å²) in [5.41, 5.74) is 1.75. The third-order valence-corrected chi connectivity index (χ3v) is 2.57. The Kier molecular flexibility index (Phi) is 2.73. The number of allylic oxidation sites excluding steroid dienone is 2. The first-order valence-corrected chi connectivity index (χ1v) is 5.13. The van der Waals surface area contributed by atoms with Gasteiger partial charge in [0.1, 0.15) is 0 Å². The maximum Gasteiger partial charge on any atom is 0.187 e. The van der Waals surface area contributed by atoms with Crippen LogP contribution in [0.25, 0.3) is 10.9 Å². The van der Waals surface area contributed by atoms with E-state index in [1.807, 2.05) is 41.1 Å². The number of hydrogen-bond donors (Lipinski definition) is 0. The molecule has 0 spiro atoms. The van der Waals surface area contributed by atoms with Crippen LogP contribution in [0.3, 0.4) is 0 Å². The molecule has 16 heavy (non-hydrogen) atoms. The number of rotatable bonds is 4. The van der Waals surface area contributed by atoms with Crippen molar-refractivity contribution in [1.82, 2.24) is 4.57 Å². The summed E-state index contributed by atoms with van der Waals surface area (Å²) in [7, 11) is 0. The van der Waals surface area contributed by atoms with Gasteiger partial charge >= 0.3 is 0 Å². The molecule has 0 unspecified atom stereocenters. The van der Waals surface area contributed by atoms with Crippen LogP contribution >= 0.6 is 0 Å². The fourth-order valence-corrected chi connectivity index (χ4v) is 1.84. The molecule has 0 N–H and O–H groups in total. The summed E-state index contributed by atoms with van der Waals surface area (Å²) in [5.74, 6) is -0.0426. The molecule has 0 radical (unpaired) electrons. The van der Waals surface area contributed by atoms with Crippen LogP contribution in [-0.2, 0) is 6.54 Å². The normalized spacial score (nSPS) is 10.2. The molecular weight excluding hydrogens is 198 g/mol. The van der Waals surface area contributed by atoms with E-state index < -0.39 is 0 Å². The van der Waals surface area contributed by atoms with Gasteiger partial charge in [0, 0.05) is 29.2 Å². The number of nitrogens with zero attached hydrogens (tertiary/aromatic N) is 1. The predicted octanol–water partition coefficient (Wildman–Crippen LogP) is 3.20. The van der Waals surface area contributed by atoms with Gasteiger partial charge in [-0.25, -0.2) is 0 Å². The van der Waals surface area contributed by atoms with Gasteiger partial charge in [0.25, 0.3) is 0 Å². The topological polar surface area (TPSA) is 22.0 Å². The van der Waals surface area contributed by atoms with Crippen LogP contribution in [0, 0.1) is 0 Å². The van der Waals surface area contributed by atoms with Crippen LogP contribution in [0.1, 0.15) is 10.4 Å². The number of benzene rings is 1. The lowest BCUT2D eigenvalue weighted by atomic mass is 10.1. The van der Waals surface area contributed by atoms with Gasteiger partial charge in [0.05, 0.1) is 0 Å². The second kappa shape index (κ2) is 4.19. The minimum atomic E-state index is -0.0426. The molecule has 0 saturated heterocycles. The fraction of sp³-hybridized carbons (Fsp3) is 0.0714. The Hall–Kier alpha value is -2.09. The van der Waals surface area contributed by atoms with Crippen molar-refractivity contribution in [2.45, 2.75) is 6.54 Å². The molecule has 1 aromatic heterocycles. The molecular formula is C14H13NO. The van der Waals surface area contributed by atoms with Gasteiger partial charge in [-0.1, -0.05) is 30.9 Å². The van der Waals surface area contributed by atoms with E-state index in [2.05, 4.69) is 13.2 Å². The van der Waals surface area contributed by atoms with Crippen LogP contribution in [-0.4, -0.2) is 10.4 Å². The maximum atomic E-state index is 11.7. The molecule has 2 rings (SSSR count). The average molecular weight is 211 g/mol. The summed E-state index contributed by atoms with van der Waals surface area (Å²) >= 11 is 0. The second-order valence-electron chi connectivity index (χ2n) is 3.57. The third kappa shape index (κ3) is 1.58. The minimum absolute atomic E-state index is 0.0426. The summed E-state index contributed by atoms with van der Waals surface area (Å²) in [6.07, 6.45) is 5.02. The number of carbonyl (C=O) groups excluding carboxylic acids is 1. The van der Waals surface area contributed by atoms with E-state index in [4.69, 9.17) is 0 Å². The SMILES string of the molecule is C=CCn1cc(C(=O)C=C)c2ccccc21. The van der Waals surface area contributed by atoms with E-state index in [1.54, 1.807) is 0 Å². The smallest absolute Gasteiger partial charge is 0.187 e. The molecule has 1 heterocycles. The van der Waals surface area contributed by atoms with E-state index in [9.17, 15) is 4.79 Å². The average Bonchev–Trinajstić information content (AvgIpc) is 2.68. The van der Waals surface area contributed by atoms with Gasteiger partial charge in [-0.3, -0.25) is 4.79 Å². The Morgan fingerprint density at radius 3 is 2.75 bits per heavy atom. The highest BCUT2D eigenvalue weighted by molar-refractivity contribution is 6.13. The molecule has 2 heteroatoms. The number of aromatic nitrogens is 1. The quantitative estimate of drug-likeness (QED) is 0.432. The Labute approximate surface area is 94.5 Å². The van der Waals surface area contributed by atoms with Crippen molar-refractivity contribution in [3.05, 3.63) is 61.3 Å². The lowest BCUT2D eigenvalue weighted by Gasteiger charge is -1.98. The number of ketones is 1. The van der Waals surface area contributed by atoms with Crippen LogP contribution < -0.4 is 0 Å². The summed E-state index contributed by atoms with van der Waals surface area (Å²) < 4.78 is 2.01. The van der Waals surface area contributed by atoms with Gasteiger partial charge in [0.15, 0.2) is 5.78 Å². The van der Waals surface area contributed by atoms with Gasteiger partial charge in [0.2, 0.25) is 0 Å². The lowest BCUT2D eigenvalue weighted by molar-refractivity contribution is 0.104. The Morgan fingerprint density at radius 2 is 2.06 bits per heavy atom. The third-order valence-electron chi connectivity index (χ3n) is 2.57. The molecule has 1 aromatic carbocycles. The van der Waals surface area contributed by atoms with Gasteiger partial charge in [-0.05, 0) is 12.1 Å². The zero-order valence-electron chi connectivity index (χ0n) is 9.02. The first-order valence-electron chi connectivity index (χ1n) is 5.13. The zero-order valence-corrected chi connectivity index (χ0v) is 9.02. The first kappa shape index (κ1) is 10.4. The van der Waals surface area contributed by atoms with Crippen molar-refractivity contribution in [2.24, 2.45) is 0 Å². The van der Waals surface area contributed by atoms with E-state index in [0.717, 1.165) is 10.9 Å². The maximum absolute atomic E-state index is 11.7. The molecule has 80 valence electrons. The number of fused-ring (bicyclic) bond motifs is 1. The molecule has 0 aliphatic heterocycles. The Balaban J connectivity index is 2.70. The summed E-state index contributed by atoms with van der Waals surface area (Å²) in [6.45, 7) is 7.93. The van der Waals surface area contributed by atoms with Crippen molar-refractivity contribution < 1.29 is 4.79 Å². The van der Waals surface area contributed by atoms with Crippen molar-refractivity contribution in [1.29, 1.82) is 0 Å². The largest absolute Gasteiger partial charge is 0.343 e. The highest BCUT2D eigenvalue weighted by Crippen LogP contribution is 2.21. The van der Waals surface area contributed by atoms with Gasteiger partial charge in [-0.15, -0.1) is 6.58 Å². The van der Waals surface area contributed by atoms with Crippen molar-refractivity contribution in [2.75, 3.05) is 0 Å². The van der Waals surface area contributed by atoms with Gasteiger partial charge in [-0.2, -0.15) is 0 Å². The van der Waals surface area contributed by atoms with Crippen molar-refractivity contribution in [3.8, 4) is 0 Å². The molecule has 0 saturated carbocycles. The molecule has 2 aromatic rings. The van der Waals surface area contributed by atoms with E-state index in [-0.39, 0.29) is 5.78 Å². The van der Waals surface area contributed by atoms with E-state index >= 15 is 0 Å². The molecule has 0 amide bonds. The minimum Gasteiger partial charge on any atom is -0.343 e. The zero-order chi connectivity index (χ0) is 11.5.